The number of amides is 1. The number of aromatic nitrogens is 1. The Hall–Kier alpha value is -2.35. The molecule has 0 fully saturated rings. The van der Waals surface area contributed by atoms with Gasteiger partial charge in [-0.1, -0.05) is 23.4 Å². The van der Waals surface area contributed by atoms with Crippen molar-refractivity contribution in [3.63, 3.8) is 0 Å². The Labute approximate surface area is 122 Å². The van der Waals surface area contributed by atoms with E-state index < -0.39 is 0 Å². The maximum absolute atomic E-state index is 12.1. The first-order valence-corrected chi connectivity index (χ1v) is 6.28. The van der Waals surface area contributed by atoms with Gasteiger partial charge in [0.15, 0.2) is 0 Å². The minimum absolute atomic E-state index is 0.249. The van der Waals surface area contributed by atoms with Gasteiger partial charge in [-0.25, -0.2) is 0 Å². The van der Waals surface area contributed by atoms with E-state index in [1.807, 2.05) is 0 Å². The first-order valence-electron chi connectivity index (χ1n) is 5.90. The van der Waals surface area contributed by atoms with Crippen LogP contribution in [0.15, 0.2) is 42.7 Å². The van der Waals surface area contributed by atoms with Crippen LogP contribution < -0.4 is 11.1 Å². The predicted octanol–water partition coefficient (Wildman–Crippen LogP) is 2.30. The summed E-state index contributed by atoms with van der Waals surface area (Å²) >= 11 is 5.94. The summed E-state index contributed by atoms with van der Waals surface area (Å²) in [5, 5.41) is 3.29. The molecule has 1 aromatic heterocycles. The highest BCUT2D eigenvalue weighted by Gasteiger charge is 2.08. The van der Waals surface area contributed by atoms with Crippen LogP contribution >= 0.6 is 11.6 Å². The van der Waals surface area contributed by atoms with Gasteiger partial charge < -0.3 is 11.1 Å². The van der Waals surface area contributed by atoms with Gasteiger partial charge in [0.1, 0.15) is 0 Å². The third kappa shape index (κ3) is 3.58. The summed E-state index contributed by atoms with van der Waals surface area (Å²) in [4.78, 5) is 16.0. The summed E-state index contributed by atoms with van der Waals surface area (Å²) in [6, 6.07) is 8.47. The topological polar surface area (TPSA) is 68.0 Å². The summed E-state index contributed by atoms with van der Waals surface area (Å²) in [5.41, 5.74) is 7.03. The smallest absolute Gasteiger partial charge is 0.257 e. The van der Waals surface area contributed by atoms with E-state index in [0.29, 0.717) is 21.8 Å². The molecule has 0 bridgehead atoms. The highest BCUT2D eigenvalue weighted by molar-refractivity contribution is 6.31. The van der Waals surface area contributed by atoms with Crippen LogP contribution in [-0.2, 0) is 0 Å². The van der Waals surface area contributed by atoms with E-state index in [9.17, 15) is 4.79 Å². The van der Waals surface area contributed by atoms with Crippen LogP contribution in [0.3, 0.4) is 0 Å². The fraction of sp³-hybridized carbons (Fsp3) is 0.0667. The molecule has 1 amide bonds. The number of benzene rings is 1. The van der Waals surface area contributed by atoms with Gasteiger partial charge in [0, 0.05) is 23.0 Å². The fourth-order valence-electron chi connectivity index (χ4n) is 1.57. The van der Waals surface area contributed by atoms with Gasteiger partial charge in [0.05, 0.1) is 17.8 Å². The molecule has 0 spiro atoms. The normalized spacial score (nSPS) is 9.50. The number of carbonyl (C=O) groups excluding carboxylic acids is 1. The minimum Gasteiger partial charge on any atom is -0.321 e. The lowest BCUT2D eigenvalue weighted by molar-refractivity contribution is 0.102. The summed E-state index contributed by atoms with van der Waals surface area (Å²) in [5.74, 6) is 5.37. The number of carbonyl (C=O) groups is 1. The van der Waals surface area contributed by atoms with Crippen molar-refractivity contribution in [3.8, 4) is 11.8 Å². The van der Waals surface area contributed by atoms with Gasteiger partial charge in [-0.05, 0) is 30.3 Å². The molecule has 0 aliphatic carbocycles. The Kier molecular flexibility index (Phi) is 4.72. The van der Waals surface area contributed by atoms with Gasteiger partial charge in [0.25, 0.3) is 5.91 Å². The third-order valence-electron chi connectivity index (χ3n) is 2.48. The average molecular weight is 286 g/mol. The zero-order valence-corrected chi connectivity index (χ0v) is 11.3. The maximum Gasteiger partial charge on any atom is 0.257 e. The molecule has 4 nitrogen and oxygen atoms in total. The van der Waals surface area contributed by atoms with Crippen LogP contribution in [0.1, 0.15) is 15.9 Å². The zero-order valence-electron chi connectivity index (χ0n) is 10.6. The third-order valence-corrected chi connectivity index (χ3v) is 2.71. The Bertz CT molecular complexity index is 675. The van der Waals surface area contributed by atoms with Gasteiger partial charge in [0.2, 0.25) is 0 Å². The Morgan fingerprint density at radius 2 is 2.25 bits per heavy atom. The van der Waals surface area contributed by atoms with Gasteiger partial charge >= 0.3 is 0 Å². The van der Waals surface area contributed by atoms with Crippen molar-refractivity contribution >= 4 is 23.2 Å². The van der Waals surface area contributed by atoms with Gasteiger partial charge in [-0.15, -0.1) is 0 Å². The molecule has 1 aromatic carbocycles. The largest absolute Gasteiger partial charge is 0.321 e. The van der Waals surface area contributed by atoms with E-state index in [-0.39, 0.29) is 12.5 Å². The average Bonchev–Trinajstić information content (AvgIpc) is 2.47. The summed E-state index contributed by atoms with van der Waals surface area (Å²) < 4.78 is 0. The van der Waals surface area contributed by atoms with Crippen LogP contribution in [0.5, 0.6) is 0 Å². The van der Waals surface area contributed by atoms with Crippen LogP contribution in [0.4, 0.5) is 5.69 Å². The zero-order chi connectivity index (χ0) is 14.4. The van der Waals surface area contributed by atoms with E-state index in [1.165, 1.54) is 6.20 Å². The van der Waals surface area contributed by atoms with Crippen LogP contribution in [0.25, 0.3) is 0 Å². The molecular formula is C15H12ClN3O. The quantitative estimate of drug-likeness (QED) is 0.832. The van der Waals surface area contributed by atoms with Crippen molar-refractivity contribution in [1.82, 2.24) is 4.98 Å². The number of halogens is 1. The SMILES string of the molecule is NCC#Cc1ccc(Cl)cc1NC(=O)c1cccnc1. The molecule has 0 saturated carbocycles. The molecule has 0 saturated heterocycles. The predicted molar refractivity (Wildman–Crippen MR) is 79.6 cm³/mol. The second-order valence-corrected chi connectivity index (χ2v) is 4.33. The Morgan fingerprint density at radius 1 is 1.40 bits per heavy atom. The molecule has 20 heavy (non-hydrogen) atoms. The lowest BCUT2D eigenvalue weighted by Crippen LogP contribution is -2.13. The molecule has 1 heterocycles. The van der Waals surface area contributed by atoms with Crippen molar-refractivity contribution in [2.75, 3.05) is 11.9 Å². The summed E-state index contributed by atoms with van der Waals surface area (Å²) in [7, 11) is 0. The minimum atomic E-state index is -0.267. The molecule has 2 rings (SSSR count). The van der Waals surface area contributed by atoms with Crippen LogP contribution in [-0.4, -0.2) is 17.4 Å². The Morgan fingerprint density at radius 3 is 2.95 bits per heavy atom. The molecular weight excluding hydrogens is 274 g/mol. The molecule has 100 valence electrons. The number of nitrogens with zero attached hydrogens (tertiary/aromatic N) is 1. The van der Waals surface area contributed by atoms with E-state index in [2.05, 4.69) is 22.1 Å². The molecule has 3 N–H and O–H groups in total. The highest BCUT2D eigenvalue weighted by Crippen LogP contribution is 2.21. The molecule has 2 aromatic rings. The first-order chi connectivity index (χ1) is 9.70. The lowest BCUT2D eigenvalue weighted by Gasteiger charge is -2.08. The summed E-state index contributed by atoms with van der Waals surface area (Å²) in [6.45, 7) is 0.249. The van der Waals surface area contributed by atoms with Crippen molar-refractivity contribution in [2.24, 2.45) is 5.73 Å². The number of rotatable bonds is 2. The first kappa shape index (κ1) is 14.1. The number of nitrogens with two attached hydrogens (primary N) is 1. The summed E-state index contributed by atoms with van der Waals surface area (Å²) in [6.07, 6.45) is 3.10. The molecule has 0 atom stereocenters. The lowest BCUT2D eigenvalue weighted by atomic mass is 10.1. The van der Waals surface area contributed by atoms with Crippen LogP contribution in [0.2, 0.25) is 5.02 Å². The number of hydrogen-bond acceptors (Lipinski definition) is 3. The second-order valence-electron chi connectivity index (χ2n) is 3.89. The van der Waals surface area contributed by atoms with Crippen molar-refractivity contribution in [2.45, 2.75) is 0 Å². The fourth-order valence-corrected chi connectivity index (χ4v) is 1.74. The molecule has 0 radical (unpaired) electrons. The van der Waals surface area contributed by atoms with Gasteiger partial charge in [-0.2, -0.15) is 0 Å². The highest BCUT2D eigenvalue weighted by atomic mass is 35.5. The monoisotopic (exact) mass is 285 g/mol. The van der Waals surface area contributed by atoms with E-state index in [4.69, 9.17) is 17.3 Å². The molecule has 0 unspecified atom stereocenters. The molecule has 0 aliphatic rings. The molecule has 0 aliphatic heterocycles. The molecule has 5 heteroatoms. The number of hydrogen-bond donors (Lipinski definition) is 2. The van der Waals surface area contributed by atoms with E-state index >= 15 is 0 Å². The van der Waals surface area contributed by atoms with Crippen molar-refractivity contribution in [1.29, 1.82) is 0 Å². The maximum atomic E-state index is 12.1. The van der Waals surface area contributed by atoms with Crippen molar-refractivity contribution in [3.05, 3.63) is 58.9 Å². The number of pyridine rings is 1. The van der Waals surface area contributed by atoms with E-state index in [0.717, 1.165) is 0 Å². The van der Waals surface area contributed by atoms with Gasteiger partial charge in [-0.3, -0.25) is 9.78 Å². The second kappa shape index (κ2) is 6.71. The van der Waals surface area contributed by atoms with Crippen molar-refractivity contribution < 1.29 is 4.79 Å². The number of nitrogens with one attached hydrogen (secondary N) is 1. The standard InChI is InChI=1S/C15H12ClN3O/c16-13-6-5-11(3-1-7-17)14(9-13)19-15(20)12-4-2-8-18-10-12/h2,4-6,8-10H,7,17H2,(H,19,20). The van der Waals surface area contributed by atoms with E-state index in [1.54, 1.807) is 36.5 Å². The Balaban J connectivity index is 2.28. The number of anilines is 1. The van der Waals surface area contributed by atoms with Crippen LogP contribution in [0, 0.1) is 11.8 Å².